The summed E-state index contributed by atoms with van der Waals surface area (Å²) in [6, 6.07) is -1.04. The number of nitro groups is 1. The lowest BCUT2D eigenvalue weighted by atomic mass is 10.1. The molecule has 5 heteroatoms. The molecule has 0 aromatic rings. The molecule has 5 nitrogen and oxygen atoms in total. The van der Waals surface area contributed by atoms with Crippen molar-refractivity contribution in [2.75, 3.05) is 6.61 Å². The van der Waals surface area contributed by atoms with E-state index in [0.29, 0.717) is 0 Å². The van der Waals surface area contributed by atoms with Gasteiger partial charge in [0.05, 0.1) is 0 Å². The molecule has 0 spiro atoms. The molecule has 2 N–H and O–H groups in total. The molecule has 0 fully saturated rings. The van der Waals surface area contributed by atoms with Gasteiger partial charge in [0.1, 0.15) is 6.10 Å². The molecule has 10 heavy (non-hydrogen) atoms. The van der Waals surface area contributed by atoms with Crippen LogP contribution in [-0.4, -0.2) is 33.9 Å². The van der Waals surface area contributed by atoms with Crippen molar-refractivity contribution in [3.05, 3.63) is 10.1 Å². The maximum atomic E-state index is 10.1. The topological polar surface area (TPSA) is 83.6 Å². The Morgan fingerprint density at radius 3 is 2.30 bits per heavy atom. The van der Waals surface area contributed by atoms with Crippen LogP contribution in [0.3, 0.4) is 0 Å². The van der Waals surface area contributed by atoms with Gasteiger partial charge in [-0.15, -0.1) is 0 Å². The average Bonchev–Trinajstić information content (AvgIpc) is 1.81. The SMILES string of the molecule is CC(O)C(CCO)[N+](=O)[O-]. The van der Waals surface area contributed by atoms with Crippen LogP contribution < -0.4 is 0 Å². The summed E-state index contributed by atoms with van der Waals surface area (Å²) in [5.74, 6) is 0. The van der Waals surface area contributed by atoms with Crippen molar-refractivity contribution in [3.63, 3.8) is 0 Å². The summed E-state index contributed by atoms with van der Waals surface area (Å²) in [5.41, 5.74) is 0. The van der Waals surface area contributed by atoms with Crippen molar-refractivity contribution in [2.45, 2.75) is 25.5 Å². The minimum absolute atomic E-state index is 0.00463. The maximum Gasteiger partial charge on any atom is 0.240 e. The molecule has 0 radical (unpaired) electrons. The molecule has 0 rings (SSSR count). The number of aliphatic hydroxyl groups is 2. The van der Waals surface area contributed by atoms with Crippen molar-refractivity contribution < 1.29 is 15.1 Å². The van der Waals surface area contributed by atoms with Crippen molar-refractivity contribution >= 4 is 0 Å². The standard InChI is InChI=1S/C5H11NO4/c1-4(8)5(2-3-7)6(9)10/h4-5,7-8H,2-3H2,1H3. The normalized spacial score (nSPS) is 16.3. The highest BCUT2D eigenvalue weighted by atomic mass is 16.6. The van der Waals surface area contributed by atoms with Crippen LogP contribution in [0.25, 0.3) is 0 Å². The lowest BCUT2D eigenvalue weighted by molar-refractivity contribution is -0.534. The van der Waals surface area contributed by atoms with E-state index < -0.39 is 17.1 Å². The molecule has 0 aliphatic heterocycles. The van der Waals surface area contributed by atoms with E-state index in [1.165, 1.54) is 6.92 Å². The summed E-state index contributed by atoms with van der Waals surface area (Å²) >= 11 is 0. The van der Waals surface area contributed by atoms with E-state index in [4.69, 9.17) is 10.2 Å². The van der Waals surface area contributed by atoms with Crippen molar-refractivity contribution in [1.29, 1.82) is 0 Å². The highest BCUT2D eigenvalue weighted by Gasteiger charge is 2.24. The van der Waals surface area contributed by atoms with E-state index in [2.05, 4.69) is 0 Å². The number of rotatable bonds is 4. The van der Waals surface area contributed by atoms with Crippen LogP contribution >= 0.6 is 0 Å². The van der Waals surface area contributed by atoms with E-state index in [9.17, 15) is 10.1 Å². The second-order valence-corrected chi connectivity index (χ2v) is 2.11. The Morgan fingerprint density at radius 1 is 1.70 bits per heavy atom. The molecule has 0 aliphatic rings. The Hall–Kier alpha value is -0.680. The molecular formula is C5H11NO4. The van der Waals surface area contributed by atoms with Gasteiger partial charge < -0.3 is 10.2 Å². The zero-order valence-corrected chi connectivity index (χ0v) is 5.73. The smallest absolute Gasteiger partial charge is 0.240 e. The highest BCUT2D eigenvalue weighted by Crippen LogP contribution is 2.01. The van der Waals surface area contributed by atoms with Gasteiger partial charge in [-0.2, -0.15) is 0 Å². The van der Waals surface area contributed by atoms with Crippen LogP contribution in [-0.2, 0) is 0 Å². The van der Waals surface area contributed by atoms with Crippen LogP contribution in [0.1, 0.15) is 13.3 Å². The first kappa shape index (κ1) is 9.32. The number of nitrogens with zero attached hydrogens (tertiary/aromatic N) is 1. The van der Waals surface area contributed by atoms with Gasteiger partial charge in [0.2, 0.25) is 6.04 Å². The molecule has 0 saturated heterocycles. The summed E-state index contributed by atoms with van der Waals surface area (Å²) < 4.78 is 0. The largest absolute Gasteiger partial charge is 0.396 e. The van der Waals surface area contributed by atoms with E-state index >= 15 is 0 Å². The maximum absolute atomic E-state index is 10.1. The van der Waals surface area contributed by atoms with Crippen LogP contribution in [0.2, 0.25) is 0 Å². The quantitative estimate of drug-likeness (QED) is 0.412. The van der Waals surface area contributed by atoms with E-state index in [-0.39, 0.29) is 13.0 Å². The summed E-state index contributed by atoms with van der Waals surface area (Å²) in [6.07, 6.45) is -0.993. The molecule has 0 aromatic carbocycles. The molecule has 2 unspecified atom stereocenters. The van der Waals surface area contributed by atoms with Gasteiger partial charge in [0.25, 0.3) is 0 Å². The lowest BCUT2D eigenvalue weighted by Gasteiger charge is -2.09. The fraction of sp³-hybridized carbons (Fsp3) is 1.00. The first-order valence-corrected chi connectivity index (χ1v) is 3.02. The van der Waals surface area contributed by atoms with Crippen LogP contribution in [0.4, 0.5) is 0 Å². The Labute approximate surface area is 58.4 Å². The highest BCUT2D eigenvalue weighted by molar-refractivity contribution is 4.61. The van der Waals surface area contributed by atoms with Crippen molar-refractivity contribution in [3.8, 4) is 0 Å². The van der Waals surface area contributed by atoms with Gasteiger partial charge in [0, 0.05) is 18.0 Å². The minimum atomic E-state index is -1.04. The van der Waals surface area contributed by atoms with Gasteiger partial charge in [-0.05, 0) is 6.92 Å². The summed E-state index contributed by atoms with van der Waals surface area (Å²) in [7, 11) is 0. The van der Waals surface area contributed by atoms with E-state index in [1.807, 2.05) is 0 Å². The molecule has 0 aromatic heterocycles. The van der Waals surface area contributed by atoms with Gasteiger partial charge in [-0.25, -0.2) is 0 Å². The van der Waals surface area contributed by atoms with E-state index in [1.54, 1.807) is 0 Å². The van der Waals surface area contributed by atoms with Crippen LogP contribution in [0.15, 0.2) is 0 Å². The third-order valence-electron chi connectivity index (χ3n) is 1.25. The fourth-order valence-electron chi connectivity index (χ4n) is 0.655. The first-order chi connectivity index (χ1) is 4.59. The number of hydrogen-bond donors (Lipinski definition) is 2. The summed E-state index contributed by atoms with van der Waals surface area (Å²) in [4.78, 5) is 9.48. The molecule has 0 heterocycles. The minimum Gasteiger partial charge on any atom is -0.396 e. The average molecular weight is 149 g/mol. The van der Waals surface area contributed by atoms with Crippen molar-refractivity contribution in [1.82, 2.24) is 0 Å². The molecule has 2 atom stereocenters. The lowest BCUT2D eigenvalue weighted by Crippen LogP contribution is -2.32. The number of aliphatic hydroxyl groups excluding tert-OH is 2. The Morgan fingerprint density at radius 2 is 2.20 bits per heavy atom. The van der Waals surface area contributed by atoms with Crippen LogP contribution in [0.5, 0.6) is 0 Å². The predicted molar refractivity (Wildman–Crippen MR) is 34.2 cm³/mol. The van der Waals surface area contributed by atoms with E-state index in [0.717, 1.165) is 0 Å². The molecule has 0 bridgehead atoms. The second kappa shape index (κ2) is 4.19. The summed E-state index contributed by atoms with van der Waals surface area (Å²) in [6.45, 7) is 1.07. The monoisotopic (exact) mass is 149 g/mol. The van der Waals surface area contributed by atoms with Gasteiger partial charge in [-0.1, -0.05) is 0 Å². The molecule has 0 aliphatic carbocycles. The fourth-order valence-corrected chi connectivity index (χ4v) is 0.655. The van der Waals surface area contributed by atoms with Gasteiger partial charge in [0.15, 0.2) is 0 Å². The summed E-state index contributed by atoms with van der Waals surface area (Å²) in [5, 5.41) is 27.1. The zero-order valence-electron chi connectivity index (χ0n) is 5.73. The van der Waals surface area contributed by atoms with Gasteiger partial charge >= 0.3 is 0 Å². The molecular weight excluding hydrogens is 138 g/mol. The molecule has 60 valence electrons. The molecule has 0 saturated carbocycles. The third-order valence-corrected chi connectivity index (χ3v) is 1.25. The second-order valence-electron chi connectivity index (χ2n) is 2.11. The predicted octanol–water partition coefficient (Wildman–Crippen LogP) is -0.605. The van der Waals surface area contributed by atoms with Crippen molar-refractivity contribution in [2.24, 2.45) is 0 Å². The zero-order chi connectivity index (χ0) is 8.15. The Bertz CT molecular complexity index is 114. The Kier molecular flexibility index (Phi) is 3.90. The Balaban J connectivity index is 3.85. The number of hydrogen-bond acceptors (Lipinski definition) is 4. The van der Waals surface area contributed by atoms with Gasteiger partial charge in [-0.3, -0.25) is 10.1 Å². The molecule has 0 amide bonds. The third kappa shape index (κ3) is 2.75. The first-order valence-electron chi connectivity index (χ1n) is 3.02. The van der Waals surface area contributed by atoms with Crippen LogP contribution in [0, 0.1) is 10.1 Å².